The average Bonchev–Trinajstić information content (AvgIpc) is 2.73. The van der Waals surface area contributed by atoms with E-state index in [2.05, 4.69) is 10.9 Å². The highest BCUT2D eigenvalue weighted by Crippen LogP contribution is 2.18. The molecule has 0 saturated heterocycles. The summed E-state index contributed by atoms with van der Waals surface area (Å²) < 4.78 is 33.8. The predicted molar refractivity (Wildman–Crippen MR) is 112 cm³/mol. The number of carbonyl (C=O) groups excluding carboxylic acids is 2. The molecule has 162 valence electrons. The standard InChI is InChI=1S/C21H26N2O6S/c1-3-16-7-4-5-8-19(16)29-15-21(25)23-22-20(24)9-6-14-28-17-10-12-18(13-11-17)30(2,26)27/h4-5,7-8,10-13H,3,6,9,14-15H2,1-2H3,(H,22,24)(H,23,25). The number of para-hydroxylation sites is 1. The molecule has 0 saturated carbocycles. The minimum atomic E-state index is -3.25. The summed E-state index contributed by atoms with van der Waals surface area (Å²) in [6, 6.07) is 13.5. The molecular weight excluding hydrogens is 408 g/mol. The van der Waals surface area contributed by atoms with Crippen molar-refractivity contribution in [3.63, 3.8) is 0 Å². The number of ether oxygens (including phenoxy) is 2. The van der Waals surface area contributed by atoms with Gasteiger partial charge in [0.2, 0.25) is 5.91 Å². The van der Waals surface area contributed by atoms with E-state index in [-0.39, 0.29) is 30.4 Å². The molecular formula is C21H26N2O6S. The van der Waals surface area contributed by atoms with E-state index in [0.717, 1.165) is 18.2 Å². The lowest BCUT2D eigenvalue weighted by Crippen LogP contribution is -2.43. The van der Waals surface area contributed by atoms with Gasteiger partial charge in [0.15, 0.2) is 16.4 Å². The molecule has 0 heterocycles. The van der Waals surface area contributed by atoms with Crippen molar-refractivity contribution in [1.29, 1.82) is 0 Å². The summed E-state index contributed by atoms with van der Waals surface area (Å²) in [7, 11) is -3.25. The topological polar surface area (TPSA) is 111 Å². The van der Waals surface area contributed by atoms with Crippen molar-refractivity contribution in [2.45, 2.75) is 31.1 Å². The van der Waals surface area contributed by atoms with Crippen molar-refractivity contribution in [3.05, 3.63) is 54.1 Å². The Bertz CT molecular complexity index is 958. The molecule has 0 spiro atoms. The molecule has 9 heteroatoms. The maximum Gasteiger partial charge on any atom is 0.276 e. The van der Waals surface area contributed by atoms with Crippen molar-refractivity contribution in [3.8, 4) is 11.5 Å². The Morgan fingerprint density at radius 3 is 2.27 bits per heavy atom. The first-order valence-corrected chi connectivity index (χ1v) is 11.4. The summed E-state index contributed by atoms with van der Waals surface area (Å²) >= 11 is 0. The molecule has 0 fully saturated rings. The first-order valence-electron chi connectivity index (χ1n) is 9.51. The summed E-state index contributed by atoms with van der Waals surface area (Å²) in [5.74, 6) is 0.341. The molecule has 2 rings (SSSR count). The van der Waals surface area contributed by atoms with Crippen LogP contribution in [0.4, 0.5) is 0 Å². The second-order valence-corrected chi connectivity index (χ2v) is 8.56. The lowest BCUT2D eigenvalue weighted by atomic mass is 10.1. The van der Waals surface area contributed by atoms with Crippen LogP contribution >= 0.6 is 0 Å². The van der Waals surface area contributed by atoms with Gasteiger partial charge in [-0.25, -0.2) is 8.42 Å². The molecule has 0 bridgehead atoms. The van der Waals surface area contributed by atoms with Crippen LogP contribution in [0.5, 0.6) is 11.5 Å². The van der Waals surface area contributed by atoms with Crippen molar-refractivity contribution in [2.24, 2.45) is 0 Å². The van der Waals surface area contributed by atoms with E-state index in [9.17, 15) is 18.0 Å². The van der Waals surface area contributed by atoms with Gasteiger partial charge in [-0.3, -0.25) is 20.4 Å². The Hall–Kier alpha value is -3.07. The van der Waals surface area contributed by atoms with Gasteiger partial charge < -0.3 is 9.47 Å². The van der Waals surface area contributed by atoms with Crippen molar-refractivity contribution >= 4 is 21.7 Å². The fourth-order valence-electron chi connectivity index (χ4n) is 2.52. The number of amides is 2. The number of hydrogen-bond acceptors (Lipinski definition) is 6. The second kappa shape index (κ2) is 11.2. The summed E-state index contributed by atoms with van der Waals surface area (Å²) in [6.45, 7) is 2.07. The molecule has 0 aliphatic rings. The van der Waals surface area contributed by atoms with E-state index < -0.39 is 15.7 Å². The summed E-state index contributed by atoms with van der Waals surface area (Å²) in [5.41, 5.74) is 5.64. The number of carbonyl (C=O) groups is 2. The summed E-state index contributed by atoms with van der Waals surface area (Å²) in [6.07, 6.45) is 2.51. The number of rotatable bonds is 10. The van der Waals surface area contributed by atoms with Crippen LogP contribution in [-0.2, 0) is 25.8 Å². The Balaban J connectivity index is 1.62. The Morgan fingerprint density at radius 2 is 1.60 bits per heavy atom. The number of aryl methyl sites for hydroxylation is 1. The van der Waals surface area contributed by atoms with Crippen molar-refractivity contribution in [1.82, 2.24) is 10.9 Å². The minimum Gasteiger partial charge on any atom is -0.494 e. The quantitative estimate of drug-likeness (QED) is 0.437. The normalized spacial score (nSPS) is 10.9. The van der Waals surface area contributed by atoms with Gasteiger partial charge in [-0.1, -0.05) is 25.1 Å². The number of hydrazine groups is 1. The number of nitrogens with one attached hydrogen (secondary N) is 2. The maximum atomic E-state index is 11.8. The van der Waals surface area contributed by atoms with Gasteiger partial charge in [0, 0.05) is 12.7 Å². The van der Waals surface area contributed by atoms with Crippen molar-refractivity contribution < 1.29 is 27.5 Å². The molecule has 0 aromatic heterocycles. The van der Waals surface area contributed by atoms with Gasteiger partial charge in [-0.15, -0.1) is 0 Å². The van der Waals surface area contributed by atoms with Crippen molar-refractivity contribution in [2.75, 3.05) is 19.5 Å². The van der Waals surface area contributed by atoms with E-state index in [4.69, 9.17) is 9.47 Å². The molecule has 2 aromatic carbocycles. The fourth-order valence-corrected chi connectivity index (χ4v) is 3.15. The minimum absolute atomic E-state index is 0.154. The van der Waals surface area contributed by atoms with Crippen LogP contribution in [0.1, 0.15) is 25.3 Å². The number of hydrogen-bond donors (Lipinski definition) is 2. The van der Waals surface area contributed by atoms with E-state index in [1.165, 1.54) is 12.1 Å². The average molecular weight is 435 g/mol. The Morgan fingerprint density at radius 1 is 0.933 bits per heavy atom. The van der Waals surface area contributed by atoms with E-state index in [1.807, 2.05) is 25.1 Å². The van der Waals surface area contributed by atoms with Gasteiger partial charge >= 0.3 is 0 Å². The van der Waals surface area contributed by atoms with Crippen LogP contribution in [0.15, 0.2) is 53.4 Å². The van der Waals surface area contributed by atoms with Crippen LogP contribution in [0, 0.1) is 0 Å². The van der Waals surface area contributed by atoms with Crippen LogP contribution in [0.25, 0.3) is 0 Å². The zero-order valence-corrected chi connectivity index (χ0v) is 17.8. The first kappa shape index (κ1) is 23.2. The second-order valence-electron chi connectivity index (χ2n) is 6.54. The highest BCUT2D eigenvalue weighted by molar-refractivity contribution is 7.90. The molecule has 0 unspecified atom stereocenters. The first-order chi connectivity index (χ1) is 14.3. The number of sulfone groups is 1. The highest BCUT2D eigenvalue weighted by Gasteiger charge is 2.08. The van der Waals surface area contributed by atoms with Gasteiger partial charge in [0.1, 0.15) is 11.5 Å². The van der Waals surface area contributed by atoms with Gasteiger partial charge in [-0.05, 0) is 48.7 Å². The van der Waals surface area contributed by atoms with Gasteiger partial charge in [-0.2, -0.15) is 0 Å². The molecule has 0 aliphatic heterocycles. The third-order valence-corrected chi connectivity index (χ3v) is 5.25. The van der Waals surface area contributed by atoms with Crippen LogP contribution in [0.2, 0.25) is 0 Å². The number of benzene rings is 2. The van der Waals surface area contributed by atoms with Crippen LogP contribution in [-0.4, -0.2) is 39.7 Å². The third-order valence-electron chi connectivity index (χ3n) is 4.12. The van der Waals surface area contributed by atoms with Gasteiger partial charge in [0.25, 0.3) is 5.91 Å². The Kier molecular flexibility index (Phi) is 8.67. The van der Waals surface area contributed by atoms with E-state index >= 15 is 0 Å². The molecule has 2 aromatic rings. The Labute approximate surface area is 176 Å². The summed E-state index contributed by atoms with van der Waals surface area (Å²) in [4.78, 5) is 23.8. The molecule has 0 atom stereocenters. The lowest BCUT2D eigenvalue weighted by Gasteiger charge is -2.11. The zero-order valence-electron chi connectivity index (χ0n) is 17.0. The molecule has 30 heavy (non-hydrogen) atoms. The largest absolute Gasteiger partial charge is 0.494 e. The molecule has 0 aliphatic carbocycles. The molecule has 0 radical (unpaired) electrons. The maximum absolute atomic E-state index is 11.8. The third kappa shape index (κ3) is 7.75. The molecule has 8 nitrogen and oxygen atoms in total. The monoisotopic (exact) mass is 434 g/mol. The SMILES string of the molecule is CCc1ccccc1OCC(=O)NNC(=O)CCCOc1ccc(S(C)(=O)=O)cc1. The van der Waals surface area contributed by atoms with Crippen LogP contribution in [0.3, 0.4) is 0 Å². The zero-order chi connectivity index (χ0) is 22.0. The lowest BCUT2D eigenvalue weighted by molar-refractivity contribution is -0.130. The predicted octanol–water partition coefficient (Wildman–Crippen LogP) is 2.04. The van der Waals surface area contributed by atoms with Gasteiger partial charge in [0.05, 0.1) is 11.5 Å². The summed E-state index contributed by atoms with van der Waals surface area (Å²) in [5, 5.41) is 0. The fraction of sp³-hybridized carbons (Fsp3) is 0.333. The smallest absolute Gasteiger partial charge is 0.276 e. The molecule has 2 N–H and O–H groups in total. The van der Waals surface area contributed by atoms with E-state index in [0.29, 0.717) is 17.9 Å². The van der Waals surface area contributed by atoms with Crippen LogP contribution < -0.4 is 20.3 Å². The molecule has 2 amide bonds. The highest BCUT2D eigenvalue weighted by atomic mass is 32.2. The van der Waals surface area contributed by atoms with E-state index in [1.54, 1.807) is 18.2 Å².